The first-order valence-electron chi connectivity index (χ1n) is 9.00. The van der Waals surface area contributed by atoms with Crippen molar-refractivity contribution in [3.05, 3.63) is 27.7 Å². The van der Waals surface area contributed by atoms with Gasteiger partial charge in [-0.05, 0) is 38.3 Å². The Hall–Kier alpha value is -2.55. The van der Waals surface area contributed by atoms with Gasteiger partial charge in [0.2, 0.25) is 11.9 Å². The van der Waals surface area contributed by atoms with Crippen LogP contribution >= 0.6 is 11.3 Å². The maximum atomic E-state index is 12.4. The van der Waals surface area contributed by atoms with Gasteiger partial charge in [-0.15, -0.1) is 11.3 Å². The largest absolute Gasteiger partial charge is 0.347 e. The summed E-state index contributed by atoms with van der Waals surface area (Å²) < 4.78 is 0. The van der Waals surface area contributed by atoms with E-state index < -0.39 is 0 Å². The van der Waals surface area contributed by atoms with Crippen LogP contribution in [0.15, 0.2) is 12.1 Å². The molecule has 0 aromatic carbocycles. The summed E-state index contributed by atoms with van der Waals surface area (Å²) in [5, 5.41) is 2.83. The Morgan fingerprint density at radius 1 is 1.11 bits per heavy atom. The molecule has 2 aromatic rings. The number of rotatable bonds is 6. The fourth-order valence-corrected chi connectivity index (χ4v) is 3.62. The molecule has 3 heterocycles. The van der Waals surface area contributed by atoms with Crippen LogP contribution in [0.2, 0.25) is 0 Å². The third-order valence-electron chi connectivity index (χ3n) is 4.28. The maximum Gasteiger partial charge on any atom is 0.261 e. The minimum absolute atomic E-state index is 0.0432. The average molecular weight is 388 g/mol. The van der Waals surface area contributed by atoms with Crippen molar-refractivity contribution in [1.82, 2.24) is 20.3 Å². The van der Waals surface area contributed by atoms with Gasteiger partial charge < -0.3 is 15.1 Å². The summed E-state index contributed by atoms with van der Waals surface area (Å²) in [6, 6.07) is 3.33. The normalized spacial score (nSPS) is 14.1. The van der Waals surface area contributed by atoms with Gasteiger partial charge in [-0.3, -0.25) is 9.59 Å². The van der Waals surface area contributed by atoms with Crippen LogP contribution in [0, 0.1) is 0 Å². The van der Waals surface area contributed by atoms with Crippen LogP contribution in [-0.2, 0) is 6.54 Å². The van der Waals surface area contributed by atoms with Gasteiger partial charge >= 0.3 is 0 Å². The zero-order valence-corrected chi connectivity index (χ0v) is 16.7. The summed E-state index contributed by atoms with van der Waals surface area (Å²) in [5.41, 5.74) is 0. The van der Waals surface area contributed by atoms with E-state index in [1.807, 2.05) is 19.0 Å². The first-order valence-corrected chi connectivity index (χ1v) is 9.82. The van der Waals surface area contributed by atoms with E-state index in [1.54, 1.807) is 12.1 Å². The highest BCUT2D eigenvalue weighted by molar-refractivity contribution is 7.15. The quantitative estimate of drug-likeness (QED) is 0.758. The molecule has 0 radical (unpaired) electrons. The lowest BCUT2D eigenvalue weighted by Crippen LogP contribution is -2.32. The topological polar surface area (TPSA) is 91.3 Å². The average Bonchev–Trinajstić information content (AvgIpc) is 3.17. The lowest BCUT2D eigenvalue weighted by Gasteiger charge is -2.27. The number of hydrogen-bond acceptors (Lipinski definition) is 8. The Labute approximate surface area is 162 Å². The molecule has 144 valence electrons. The number of piperidine rings is 1. The highest BCUT2D eigenvalue weighted by Gasteiger charge is 2.18. The minimum atomic E-state index is -0.237. The number of Topliss-reactive ketones (excluding diaryl/α,β-unsaturated/α-hetero) is 1. The molecule has 27 heavy (non-hydrogen) atoms. The summed E-state index contributed by atoms with van der Waals surface area (Å²) in [4.78, 5) is 42.4. The molecule has 0 unspecified atom stereocenters. The molecule has 0 saturated carbocycles. The van der Waals surface area contributed by atoms with Gasteiger partial charge in [0.25, 0.3) is 5.91 Å². The number of thiophene rings is 1. The van der Waals surface area contributed by atoms with Crippen LogP contribution in [0.4, 0.5) is 11.9 Å². The minimum Gasteiger partial charge on any atom is -0.347 e. The standard InChI is InChI=1S/C18H24N6O2S/c1-12(25)13-7-8-14(27-13)16(26)19-11-15-20-17(23(2)3)22-18(21-15)24-9-5-4-6-10-24/h7-8H,4-6,9-11H2,1-3H3,(H,19,26). The lowest BCUT2D eigenvalue weighted by atomic mass is 10.1. The fraction of sp³-hybridized carbons (Fsp3) is 0.500. The second kappa shape index (κ2) is 8.43. The highest BCUT2D eigenvalue weighted by Crippen LogP contribution is 2.19. The van der Waals surface area contributed by atoms with Gasteiger partial charge in [0.1, 0.15) is 0 Å². The molecule has 1 fully saturated rings. The number of ketones is 1. The van der Waals surface area contributed by atoms with Gasteiger partial charge in [-0.2, -0.15) is 15.0 Å². The monoisotopic (exact) mass is 388 g/mol. The lowest BCUT2D eigenvalue weighted by molar-refractivity contribution is 0.0953. The number of carbonyl (C=O) groups is 2. The summed E-state index contributed by atoms with van der Waals surface area (Å²) in [6.07, 6.45) is 3.49. The molecule has 0 atom stereocenters. The van der Waals surface area contributed by atoms with Crippen molar-refractivity contribution in [2.24, 2.45) is 0 Å². The molecule has 8 nitrogen and oxygen atoms in total. The summed E-state index contributed by atoms with van der Waals surface area (Å²) in [6.45, 7) is 3.57. The molecule has 3 rings (SSSR count). The number of carbonyl (C=O) groups excluding carboxylic acids is 2. The van der Waals surface area contributed by atoms with E-state index in [1.165, 1.54) is 24.7 Å². The molecule has 1 aliphatic heterocycles. The van der Waals surface area contributed by atoms with Gasteiger partial charge in [-0.25, -0.2) is 0 Å². The van der Waals surface area contributed by atoms with Crippen molar-refractivity contribution in [3.63, 3.8) is 0 Å². The van der Waals surface area contributed by atoms with Crippen molar-refractivity contribution in [2.75, 3.05) is 37.0 Å². The van der Waals surface area contributed by atoms with E-state index in [9.17, 15) is 9.59 Å². The van der Waals surface area contributed by atoms with E-state index in [2.05, 4.69) is 25.2 Å². The van der Waals surface area contributed by atoms with Crippen molar-refractivity contribution >= 4 is 34.9 Å². The predicted octanol–water partition coefficient (Wildman–Crippen LogP) is 2.12. The Kier molecular flexibility index (Phi) is 6.00. The molecule has 1 amide bonds. The predicted molar refractivity (Wildman–Crippen MR) is 106 cm³/mol. The third-order valence-corrected chi connectivity index (χ3v) is 5.47. The van der Waals surface area contributed by atoms with Crippen LogP contribution in [-0.4, -0.2) is 53.8 Å². The second-order valence-electron chi connectivity index (χ2n) is 6.70. The molecular weight excluding hydrogens is 364 g/mol. The van der Waals surface area contributed by atoms with Gasteiger partial charge in [0.15, 0.2) is 11.6 Å². The molecule has 1 N–H and O–H groups in total. The first kappa shape index (κ1) is 19.2. The van der Waals surface area contributed by atoms with E-state index in [-0.39, 0.29) is 18.2 Å². The van der Waals surface area contributed by atoms with Crippen LogP contribution in [0.1, 0.15) is 51.4 Å². The van der Waals surface area contributed by atoms with Gasteiger partial charge in [0, 0.05) is 27.2 Å². The number of nitrogens with one attached hydrogen (secondary N) is 1. The SMILES string of the molecule is CC(=O)c1ccc(C(=O)NCc2nc(N(C)C)nc(N3CCCCC3)n2)s1. The molecule has 0 spiro atoms. The molecule has 9 heteroatoms. The van der Waals surface area contributed by atoms with Crippen molar-refractivity contribution < 1.29 is 9.59 Å². The van der Waals surface area contributed by atoms with E-state index in [0.29, 0.717) is 27.5 Å². The third kappa shape index (κ3) is 4.79. The Balaban J connectivity index is 1.73. The molecule has 2 aromatic heterocycles. The molecular formula is C18H24N6O2S. The molecule has 0 aliphatic carbocycles. The molecule has 1 saturated heterocycles. The van der Waals surface area contributed by atoms with Crippen LogP contribution in [0.25, 0.3) is 0 Å². The van der Waals surface area contributed by atoms with E-state index in [4.69, 9.17) is 0 Å². The highest BCUT2D eigenvalue weighted by atomic mass is 32.1. The number of aromatic nitrogens is 3. The molecule has 0 bridgehead atoms. The van der Waals surface area contributed by atoms with Gasteiger partial charge in [0.05, 0.1) is 16.3 Å². The Morgan fingerprint density at radius 2 is 1.81 bits per heavy atom. The van der Waals surface area contributed by atoms with E-state index in [0.717, 1.165) is 25.9 Å². The van der Waals surface area contributed by atoms with Gasteiger partial charge in [-0.1, -0.05) is 0 Å². The summed E-state index contributed by atoms with van der Waals surface area (Å²) in [5.74, 6) is 1.47. The zero-order chi connectivity index (χ0) is 19.4. The summed E-state index contributed by atoms with van der Waals surface area (Å²) >= 11 is 1.19. The smallest absolute Gasteiger partial charge is 0.261 e. The number of nitrogens with zero attached hydrogens (tertiary/aromatic N) is 5. The number of amides is 1. The second-order valence-corrected chi connectivity index (χ2v) is 7.78. The van der Waals surface area contributed by atoms with Crippen LogP contribution in [0.3, 0.4) is 0 Å². The summed E-state index contributed by atoms with van der Waals surface area (Å²) in [7, 11) is 3.76. The van der Waals surface area contributed by atoms with Crippen molar-refractivity contribution in [3.8, 4) is 0 Å². The Morgan fingerprint density at radius 3 is 2.44 bits per heavy atom. The van der Waals surface area contributed by atoms with Crippen LogP contribution < -0.4 is 15.1 Å². The fourth-order valence-electron chi connectivity index (χ4n) is 2.81. The zero-order valence-electron chi connectivity index (χ0n) is 15.9. The Bertz CT molecular complexity index is 829. The van der Waals surface area contributed by atoms with Crippen LogP contribution in [0.5, 0.6) is 0 Å². The first-order chi connectivity index (χ1) is 12.9. The number of hydrogen-bond donors (Lipinski definition) is 1. The number of anilines is 2. The molecule has 1 aliphatic rings. The maximum absolute atomic E-state index is 12.4. The van der Waals surface area contributed by atoms with Crippen molar-refractivity contribution in [1.29, 1.82) is 0 Å². The van der Waals surface area contributed by atoms with Crippen molar-refractivity contribution in [2.45, 2.75) is 32.7 Å². The van der Waals surface area contributed by atoms with E-state index >= 15 is 0 Å².